The second-order valence-corrected chi connectivity index (χ2v) is 3.64. The Balaban J connectivity index is 2.73. The third-order valence-electron chi connectivity index (χ3n) is 2.54. The van der Waals surface area contributed by atoms with Crippen LogP contribution in [-0.2, 0) is 4.79 Å². The Bertz CT molecular complexity index is 603. The summed E-state index contributed by atoms with van der Waals surface area (Å²) < 4.78 is 1.49. The number of carboxylic acid groups (broad SMARTS) is 2. The standard InChI is InChI=1S/C11H10N2O4/c1-6(10(14)15)9-12-8(11(16)17)7-4-2-3-5-13(7)9/h2-6H,1H3,(H,14,15)(H,16,17). The van der Waals surface area contributed by atoms with Crippen molar-refractivity contribution < 1.29 is 19.8 Å². The van der Waals surface area contributed by atoms with Gasteiger partial charge in [-0.25, -0.2) is 9.78 Å². The monoisotopic (exact) mass is 234 g/mol. The fourth-order valence-electron chi connectivity index (χ4n) is 1.63. The van der Waals surface area contributed by atoms with Crippen LogP contribution < -0.4 is 0 Å². The molecule has 0 aliphatic heterocycles. The van der Waals surface area contributed by atoms with Crippen LogP contribution >= 0.6 is 0 Å². The van der Waals surface area contributed by atoms with E-state index >= 15 is 0 Å². The molecule has 2 N–H and O–H groups in total. The number of carboxylic acids is 2. The van der Waals surface area contributed by atoms with Crippen molar-refractivity contribution in [2.45, 2.75) is 12.8 Å². The highest BCUT2D eigenvalue weighted by molar-refractivity contribution is 5.94. The zero-order chi connectivity index (χ0) is 12.6. The van der Waals surface area contributed by atoms with E-state index in [1.54, 1.807) is 24.4 Å². The van der Waals surface area contributed by atoms with Crippen LogP contribution in [0.5, 0.6) is 0 Å². The van der Waals surface area contributed by atoms with Crippen LogP contribution in [-0.4, -0.2) is 31.5 Å². The van der Waals surface area contributed by atoms with Gasteiger partial charge in [0, 0.05) is 6.20 Å². The lowest BCUT2D eigenvalue weighted by Crippen LogP contribution is -2.11. The summed E-state index contributed by atoms with van der Waals surface area (Å²) >= 11 is 0. The van der Waals surface area contributed by atoms with Gasteiger partial charge in [0.1, 0.15) is 11.7 Å². The lowest BCUT2D eigenvalue weighted by atomic mass is 10.2. The van der Waals surface area contributed by atoms with E-state index in [0.29, 0.717) is 5.52 Å². The normalized spacial score (nSPS) is 12.5. The van der Waals surface area contributed by atoms with Crippen molar-refractivity contribution in [1.29, 1.82) is 0 Å². The summed E-state index contributed by atoms with van der Waals surface area (Å²) in [7, 11) is 0. The molecule has 0 fully saturated rings. The quantitative estimate of drug-likeness (QED) is 0.833. The number of hydrogen-bond acceptors (Lipinski definition) is 3. The molecule has 0 aliphatic carbocycles. The van der Waals surface area contributed by atoms with Crippen molar-refractivity contribution in [3.8, 4) is 0 Å². The predicted octanol–water partition coefficient (Wildman–Crippen LogP) is 1.22. The van der Waals surface area contributed by atoms with Gasteiger partial charge in [0.15, 0.2) is 5.69 Å². The number of rotatable bonds is 3. The Morgan fingerprint density at radius 1 is 1.35 bits per heavy atom. The highest BCUT2D eigenvalue weighted by Crippen LogP contribution is 2.19. The van der Waals surface area contributed by atoms with Gasteiger partial charge in [-0.15, -0.1) is 0 Å². The van der Waals surface area contributed by atoms with Crippen LogP contribution in [0, 0.1) is 0 Å². The van der Waals surface area contributed by atoms with Crippen LogP contribution in [0.4, 0.5) is 0 Å². The molecular formula is C11H10N2O4. The van der Waals surface area contributed by atoms with E-state index < -0.39 is 17.9 Å². The minimum atomic E-state index is -1.17. The molecule has 2 rings (SSSR count). The molecule has 1 unspecified atom stereocenters. The SMILES string of the molecule is CC(C(=O)O)c1nc(C(=O)O)c2ccccn12. The van der Waals surface area contributed by atoms with Crippen LogP contribution in [0.2, 0.25) is 0 Å². The van der Waals surface area contributed by atoms with Crippen molar-refractivity contribution in [1.82, 2.24) is 9.38 Å². The molecule has 2 aromatic rings. The van der Waals surface area contributed by atoms with Gasteiger partial charge in [-0.3, -0.25) is 4.79 Å². The highest BCUT2D eigenvalue weighted by atomic mass is 16.4. The van der Waals surface area contributed by atoms with E-state index in [9.17, 15) is 9.59 Å². The summed E-state index contributed by atoms with van der Waals surface area (Å²) in [6, 6.07) is 4.96. The number of imidazole rings is 1. The first-order valence-corrected chi connectivity index (χ1v) is 4.95. The van der Waals surface area contributed by atoms with Gasteiger partial charge < -0.3 is 14.6 Å². The minimum Gasteiger partial charge on any atom is -0.481 e. The molecule has 0 bridgehead atoms. The molecule has 88 valence electrons. The van der Waals surface area contributed by atoms with Gasteiger partial charge >= 0.3 is 11.9 Å². The van der Waals surface area contributed by atoms with Crippen LogP contribution in [0.25, 0.3) is 5.52 Å². The first-order valence-electron chi connectivity index (χ1n) is 4.95. The van der Waals surface area contributed by atoms with Crippen molar-refractivity contribution in [2.75, 3.05) is 0 Å². The average molecular weight is 234 g/mol. The zero-order valence-electron chi connectivity index (χ0n) is 8.99. The summed E-state index contributed by atoms with van der Waals surface area (Å²) in [5.74, 6) is -2.86. The predicted molar refractivity (Wildman–Crippen MR) is 58.2 cm³/mol. The fraction of sp³-hybridized carbons (Fsp3) is 0.182. The molecule has 0 aliphatic rings. The summed E-state index contributed by atoms with van der Waals surface area (Å²) in [6.07, 6.45) is 1.60. The maximum absolute atomic E-state index is 11.0. The smallest absolute Gasteiger partial charge is 0.356 e. The molecule has 2 aromatic heterocycles. The summed E-state index contributed by atoms with van der Waals surface area (Å²) in [4.78, 5) is 25.8. The van der Waals surface area contributed by atoms with Gasteiger partial charge in [0.2, 0.25) is 0 Å². The second-order valence-electron chi connectivity index (χ2n) is 3.64. The average Bonchev–Trinajstić information content (AvgIpc) is 2.67. The Morgan fingerprint density at radius 2 is 2.06 bits per heavy atom. The number of fused-ring (bicyclic) bond motifs is 1. The van der Waals surface area contributed by atoms with Gasteiger partial charge in [-0.1, -0.05) is 6.07 Å². The maximum Gasteiger partial charge on any atom is 0.356 e. The number of hydrogen-bond donors (Lipinski definition) is 2. The summed E-state index contributed by atoms with van der Waals surface area (Å²) in [5.41, 5.74) is 0.261. The highest BCUT2D eigenvalue weighted by Gasteiger charge is 2.23. The molecule has 2 heterocycles. The maximum atomic E-state index is 11.0. The first-order chi connectivity index (χ1) is 8.02. The van der Waals surface area contributed by atoms with Crippen LogP contribution in [0.15, 0.2) is 24.4 Å². The fourth-order valence-corrected chi connectivity index (χ4v) is 1.63. The van der Waals surface area contributed by atoms with E-state index in [4.69, 9.17) is 10.2 Å². The summed E-state index contributed by atoms with van der Waals surface area (Å²) in [6.45, 7) is 1.47. The Hall–Kier alpha value is -2.37. The molecule has 1 atom stereocenters. The largest absolute Gasteiger partial charge is 0.481 e. The number of carbonyl (C=O) groups is 2. The van der Waals surface area contributed by atoms with E-state index in [1.807, 2.05) is 0 Å². The molecule has 0 amide bonds. The summed E-state index contributed by atoms with van der Waals surface area (Å²) in [5, 5.41) is 17.9. The van der Waals surface area contributed by atoms with Gasteiger partial charge in [-0.05, 0) is 19.1 Å². The molecule has 0 radical (unpaired) electrons. The molecule has 0 saturated carbocycles. The minimum absolute atomic E-state index is 0.131. The Labute approximate surface area is 96.1 Å². The number of aromatic carboxylic acids is 1. The Kier molecular flexibility index (Phi) is 2.55. The van der Waals surface area contributed by atoms with Crippen LogP contribution in [0.3, 0.4) is 0 Å². The van der Waals surface area contributed by atoms with E-state index in [2.05, 4.69) is 4.98 Å². The number of nitrogens with zero attached hydrogens (tertiary/aromatic N) is 2. The molecule has 6 nitrogen and oxygen atoms in total. The number of aromatic nitrogens is 2. The first kappa shape index (κ1) is 11.1. The topological polar surface area (TPSA) is 91.9 Å². The number of pyridine rings is 1. The Morgan fingerprint density at radius 3 is 2.65 bits per heavy atom. The molecule has 0 spiro atoms. The van der Waals surface area contributed by atoms with Crippen LogP contribution in [0.1, 0.15) is 29.2 Å². The molecule has 6 heteroatoms. The van der Waals surface area contributed by atoms with E-state index in [-0.39, 0.29) is 11.5 Å². The molecule has 17 heavy (non-hydrogen) atoms. The van der Waals surface area contributed by atoms with Crippen molar-refractivity contribution in [2.24, 2.45) is 0 Å². The zero-order valence-corrected chi connectivity index (χ0v) is 8.99. The molecule has 0 aromatic carbocycles. The van der Waals surface area contributed by atoms with Gasteiger partial charge in [0.05, 0.1) is 5.52 Å². The molecular weight excluding hydrogens is 224 g/mol. The third-order valence-corrected chi connectivity index (χ3v) is 2.54. The van der Waals surface area contributed by atoms with Gasteiger partial charge in [0.25, 0.3) is 0 Å². The van der Waals surface area contributed by atoms with Crippen molar-refractivity contribution >= 4 is 17.5 Å². The van der Waals surface area contributed by atoms with E-state index in [0.717, 1.165) is 0 Å². The van der Waals surface area contributed by atoms with Crippen molar-refractivity contribution in [3.63, 3.8) is 0 Å². The van der Waals surface area contributed by atoms with E-state index in [1.165, 1.54) is 11.3 Å². The second kappa shape index (κ2) is 3.89. The number of aliphatic carboxylic acids is 1. The van der Waals surface area contributed by atoms with Gasteiger partial charge in [-0.2, -0.15) is 0 Å². The molecule has 0 saturated heterocycles. The lowest BCUT2D eigenvalue weighted by Gasteiger charge is -2.04. The van der Waals surface area contributed by atoms with Crippen molar-refractivity contribution in [3.05, 3.63) is 35.9 Å². The lowest BCUT2D eigenvalue weighted by molar-refractivity contribution is -0.138. The third kappa shape index (κ3) is 1.73.